The zero-order valence-electron chi connectivity index (χ0n) is 7.30. The van der Waals surface area contributed by atoms with Gasteiger partial charge in [0.1, 0.15) is 5.75 Å². The third-order valence-electron chi connectivity index (χ3n) is 1.62. The maximum absolute atomic E-state index is 5.57. The lowest BCUT2D eigenvalue weighted by atomic mass is 10.3. The minimum Gasteiger partial charge on any atom is -0.492 e. The van der Waals surface area contributed by atoms with Crippen molar-refractivity contribution in [2.24, 2.45) is 0 Å². The summed E-state index contributed by atoms with van der Waals surface area (Å²) in [7, 11) is 0. The fraction of sp³-hybridized carbons (Fsp3) is 0.400. The molecule has 72 valence electrons. The maximum Gasteiger partial charge on any atom is 0.132 e. The Bertz CT molecular complexity index is 252. The van der Waals surface area contributed by atoms with E-state index in [9.17, 15) is 0 Å². The van der Waals surface area contributed by atoms with Crippen LogP contribution >= 0.6 is 34.2 Å². The minimum absolute atomic E-state index is 0.718. The van der Waals surface area contributed by atoms with Gasteiger partial charge in [-0.3, -0.25) is 0 Å². The van der Waals surface area contributed by atoms with Crippen molar-refractivity contribution < 1.29 is 4.74 Å². The average molecular weight is 311 g/mol. The van der Waals surface area contributed by atoms with Gasteiger partial charge in [-0.1, -0.05) is 12.1 Å². The zero-order chi connectivity index (χ0) is 9.52. The van der Waals surface area contributed by atoms with Crippen molar-refractivity contribution in [2.75, 3.05) is 12.5 Å². The number of rotatable bonds is 5. The molecule has 0 spiro atoms. The molecule has 3 heteroatoms. The lowest BCUT2D eigenvalue weighted by Gasteiger charge is -2.06. The molecular weight excluding hydrogens is 298 g/mol. The topological polar surface area (TPSA) is 9.23 Å². The van der Waals surface area contributed by atoms with Gasteiger partial charge in [0.2, 0.25) is 0 Å². The molecule has 0 unspecified atom stereocenters. The number of hydrogen-bond acceptors (Lipinski definition) is 1. The van der Waals surface area contributed by atoms with Crippen LogP contribution in [0, 0.1) is 3.57 Å². The van der Waals surface area contributed by atoms with Crippen molar-refractivity contribution in [3.05, 3.63) is 27.8 Å². The summed E-state index contributed by atoms with van der Waals surface area (Å²) in [6.07, 6.45) is 2.04. The lowest BCUT2D eigenvalue weighted by Crippen LogP contribution is -1.98. The van der Waals surface area contributed by atoms with E-state index in [0.29, 0.717) is 0 Å². The van der Waals surface area contributed by atoms with Gasteiger partial charge in [0.25, 0.3) is 0 Å². The van der Waals surface area contributed by atoms with Crippen LogP contribution < -0.4 is 4.74 Å². The molecule has 0 saturated heterocycles. The van der Waals surface area contributed by atoms with Crippen molar-refractivity contribution >= 4 is 34.2 Å². The third kappa shape index (κ3) is 4.18. The highest BCUT2D eigenvalue weighted by Crippen LogP contribution is 2.19. The van der Waals surface area contributed by atoms with Crippen LogP contribution in [0.5, 0.6) is 5.75 Å². The summed E-state index contributed by atoms with van der Waals surface area (Å²) in [5.41, 5.74) is 0. The third-order valence-corrected chi connectivity index (χ3v) is 2.78. The van der Waals surface area contributed by atoms with Gasteiger partial charge in [0.15, 0.2) is 0 Å². The smallest absolute Gasteiger partial charge is 0.132 e. The largest absolute Gasteiger partial charge is 0.492 e. The number of para-hydroxylation sites is 1. The molecule has 0 radical (unpaired) electrons. The second-order valence-electron chi connectivity index (χ2n) is 2.67. The lowest BCUT2D eigenvalue weighted by molar-refractivity contribution is 0.307. The number of ether oxygens (including phenoxy) is 1. The monoisotopic (exact) mass is 310 g/mol. The van der Waals surface area contributed by atoms with Crippen LogP contribution in [-0.4, -0.2) is 12.5 Å². The summed E-state index contributed by atoms with van der Waals surface area (Å²) in [4.78, 5) is 0. The highest BCUT2D eigenvalue weighted by atomic mass is 127. The molecule has 0 fully saturated rings. The van der Waals surface area contributed by atoms with Gasteiger partial charge in [-0.25, -0.2) is 0 Å². The molecule has 1 aromatic carbocycles. The molecule has 1 aromatic rings. The van der Waals surface area contributed by atoms with Crippen LogP contribution in [-0.2, 0) is 0 Å². The van der Waals surface area contributed by atoms with E-state index in [-0.39, 0.29) is 0 Å². The molecular formula is C10H12ClIO. The van der Waals surface area contributed by atoms with E-state index in [1.54, 1.807) is 0 Å². The fourth-order valence-corrected chi connectivity index (χ4v) is 1.67. The molecule has 0 amide bonds. The molecule has 0 aliphatic carbocycles. The molecule has 0 aromatic heterocycles. The second-order valence-corrected chi connectivity index (χ2v) is 4.22. The summed E-state index contributed by atoms with van der Waals surface area (Å²) in [6.45, 7) is 0.757. The van der Waals surface area contributed by atoms with E-state index < -0.39 is 0 Å². The molecule has 0 atom stereocenters. The summed E-state index contributed by atoms with van der Waals surface area (Å²) >= 11 is 7.83. The minimum atomic E-state index is 0.718. The Labute approximate surface area is 97.6 Å². The predicted octanol–water partition coefficient (Wildman–Crippen LogP) is 3.69. The Morgan fingerprint density at radius 1 is 1.23 bits per heavy atom. The Kier molecular flexibility index (Phi) is 5.55. The van der Waals surface area contributed by atoms with Gasteiger partial charge < -0.3 is 4.74 Å². The highest BCUT2D eigenvalue weighted by molar-refractivity contribution is 14.1. The van der Waals surface area contributed by atoms with Crippen LogP contribution in [0.3, 0.4) is 0 Å². The van der Waals surface area contributed by atoms with Crippen LogP contribution in [0.4, 0.5) is 0 Å². The van der Waals surface area contributed by atoms with Crippen LogP contribution in [0.15, 0.2) is 24.3 Å². The number of alkyl halides is 1. The van der Waals surface area contributed by atoms with Crippen LogP contribution in [0.25, 0.3) is 0 Å². The van der Waals surface area contributed by atoms with E-state index in [0.717, 1.165) is 34.6 Å². The molecule has 0 aliphatic heterocycles. The highest BCUT2D eigenvalue weighted by Gasteiger charge is 1.97. The first kappa shape index (κ1) is 11.1. The molecule has 13 heavy (non-hydrogen) atoms. The maximum atomic E-state index is 5.57. The number of unbranched alkanes of at least 4 members (excludes halogenated alkanes) is 1. The van der Waals surface area contributed by atoms with Crippen molar-refractivity contribution in [2.45, 2.75) is 12.8 Å². The summed E-state index contributed by atoms with van der Waals surface area (Å²) in [6, 6.07) is 8.02. The van der Waals surface area contributed by atoms with Crippen molar-refractivity contribution in [3.63, 3.8) is 0 Å². The molecule has 0 N–H and O–H groups in total. The van der Waals surface area contributed by atoms with Gasteiger partial charge in [-0.15, -0.1) is 11.6 Å². The van der Waals surface area contributed by atoms with Crippen molar-refractivity contribution in [1.29, 1.82) is 0 Å². The number of benzene rings is 1. The SMILES string of the molecule is ClCCCCOc1ccccc1I. The standard InChI is InChI=1S/C10H12ClIO/c11-7-3-4-8-13-10-6-2-1-5-9(10)12/h1-2,5-6H,3-4,7-8H2. The Hall–Kier alpha value is 0.0400. The summed E-state index contributed by atoms with van der Waals surface area (Å²) in [5, 5.41) is 0. The van der Waals surface area contributed by atoms with Crippen molar-refractivity contribution in [1.82, 2.24) is 0 Å². The molecule has 1 rings (SSSR count). The van der Waals surface area contributed by atoms with Gasteiger partial charge in [-0.05, 0) is 47.6 Å². The first-order valence-electron chi connectivity index (χ1n) is 4.28. The van der Waals surface area contributed by atoms with Crippen molar-refractivity contribution in [3.8, 4) is 5.75 Å². The van der Waals surface area contributed by atoms with Crippen LogP contribution in [0.1, 0.15) is 12.8 Å². The molecule has 0 bridgehead atoms. The second kappa shape index (κ2) is 6.49. The molecule has 0 heterocycles. The molecule has 0 aliphatic rings. The zero-order valence-corrected chi connectivity index (χ0v) is 10.2. The predicted molar refractivity (Wildman–Crippen MR) is 64.6 cm³/mol. The summed E-state index contributed by atoms with van der Waals surface area (Å²) in [5.74, 6) is 1.69. The van der Waals surface area contributed by atoms with Gasteiger partial charge in [0, 0.05) is 5.88 Å². The van der Waals surface area contributed by atoms with Gasteiger partial charge >= 0.3 is 0 Å². The average Bonchev–Trinajstić information content (AvgIpc) is 2.15. The summed E-state index contributed by atoms with van der Waals surface area (Å²) < 4.78 is 6.73. The first-order chi connectivity index (χ1) is 6.34. The Morgan fingerprint density at radius 2 is 2.00 bits per heavy atom. The number of halogens is 2. The Morgan fingerprint density at radius 3 is 2.69 bits per heavy atom. The van der Waals surface area contributed by atoms with E-state index in [1.165, 1.54) is 0 Å². The molecule has 0 saturated carbocycles. The van der Waals surface area contributed by atoms with E-state index in [2.05, 4.69) is 22.6 Å². The number of hydrogen-bond donors (Lipinski definition) is 0. The van der Waals surface area contributed by atoms with E-state index >= 15 is 0 Å². The van der Waals surface area contributed by atoms with E-state index in [4.69, 9.17) is 16.3 Å². The quantitative estimate of drug-likeness (QED) is 0.458. The van der Waals surface area contributed by atoms with Gasteiger partial charge in [-0.2, -0.15) is 0 Å². The van der Waals surface area contributed by atoms with E-state index in [1.807, 2.05) is 24.3 Å². The fourth-order valence-electron chi connectivity index (χ4n) is 0.940. The Balaban J connectivity index is 2.32. The normalized spacial score (nSPS) is 10.0. The van der Waals surface area contributed by atoms with Gasteiger partial charge in [0.05, 0.1) is 10.2 Å². The van der Waals surface area contributed by atoms with Crippen LogP contribution in [0.2, 0.25) is 0 Å². The molecule has 1 nitrogen and oxygen atoms in total. The first-order valence-corrected chi connectivity index (χ1v) is 5.89.